The fraction of sp³-hybridized carbons (Fsp3) is 0.188. The smallest absolute Gasteiger partial charge is 0.193 e. The van der Waals surface area contributed by atoms with Gasteiger partial charge in [0.25, 0.3) is 0 Å². The summed E-state index contributed by atoms with van der Waals surface area (Å²) >= 11 is 0. The van der Waals surface area contributed by atoms with Gasteiger partial charge in [0.05, 0.1) is 7.11 Å². The van der Waals surface area contributed by atoms with Crippen LogP contribution in [0.3, 0.4) is 0 Å². The van der Waals surface area contributed by atoms with Crippen molar-refractivity contribution in [3.63, 3.8) is 0 Å². The summed E-state index contributed by atoms with van der Waals surface area (Å²) in [4.78, 5) is 12.0. The molecule has 1 atom stereocenters. The number of carbonyl (C=O) groups is 1. The predicted molar refractivity (Wildman–Crippen MR) is 77.2 cm³/mol. The third-order valence-electron chi connectivity index (χ3n) is 3.22. The Morgan fingerprint density at radius 3 is 2.57 bits per heavy atom. The Morgan fingerprint density at radius 2 is 1.95 bits per heavy atom. The molecule has 0 radical (unpaired) electrons. The lowest BCUT2D eigenvalue weighted by molar-refractivity contribution is 0.104. The van der Waals surface area contributed by atoms with Gasteiger partial charge in [-0.1, -0.05) is 18.2 Å². The van der Waals surface area contributed by atoms with Gasteiger partial charge in [0.15, 0.2) is 11.5 Å². The van der Waals surface area contributed by atoms with Gasteiger partial charge in [0.1, 0.15) is 22.8 Å². The van der Waals surface area contributed by atoms with Crippen molar-refractivity contribution in [2.75, 3.05) is 7.11 Å². The van der Waals surface area contributed by atoms with Crippen molar-refractivity contribution >= 4 is 5.78 Å². The number of ketones is 1. The van der Waals surface area contributed by atoms with Crippen LogP contribution < -0.4 is 0 Å². The number of allylic oxidation sites excluding steroid dienone is 5. The molecule has 1 aromatic rings. The van der Waals surface area contributed by atoms with Gasteiger partial charge in [-0.2, -0.15) is 0 Å². The van der Waals surface area contributed by atoms with E-state index in [1.54, 1.807) is 12.2 Å². The van der Waals surface area contributed by atoms with E-state index in [0.717, 1.165) is 0 Å². The number of hydrogen-bond acceptors (Lipinski definition) is 5. The number of aromatic hydroxyl groups is 2. The highest BCUT2D eigenvalue weighted by Gasteiger charge is 2.17. The molecule has 0 saturated heterocycles. The number of aliphatic hydroxyl groups is 1. The van der Waals surface area contributed by atoms with Crippen LogP contribution >= 0.6 is 0 Å². The monoisotopic (exact) mass is 288 g/mol. The first kappa shape index (κ1) is 14.7. The number of benzene rings is 1. The quantitative estimate of drug-likeness (QED) is 0.586. The van der Waals surface area contributed by atoms with E-state index in [1.165, 1.54) is 37.5 Å². The van der Waals surface area contributed by atoms with Crippen LogP contribution in [-0.4, -0.2) is 28.2 Å². The van der Waals surface area contributed by atoms with Crippen LogP contribution in [0.25, 0.3) is 0 Å². The zero-order valence-corrected chi connectivity index (χ0v) is 11.5. The molecule has 21 heavy (non-hydrogen) atoms. The molecule has 0 aromatic heterocycles. The van der Waals surface area contributed by atoms with E-state index in [2.05, 4.69) is 0 Å². The van der Waals surface area contributed by atoms with E-state index in [1.807, 2.05) is 0 Å². The minimum absolute atomic E-state index is 0.0758. The van der Waals surface area contributed by atoms with Crippen LogP contribution in [0.2, 0.25) is 0 Å². The zero-order chi connectivity index (χ0) is 15.4. The van der Waals surface area contributed by atoms with Gasteiger partial charge in [0, 0.05) is 12.3 Å². The van der Waals surface area contributed by atoms with Gasteiger partial charge < -0.3 is 20.1 Å². The Balaban J connectivity index is 2.13. The predicted octanol–water partition coefficient (Wildman–Crippen LogP) is 2.83. The number of carbonyl (C=O) groups excluding carboxylic acids is 1. The van der Waals surface area contributed by atoms with Gasteiger partial charge in [-0.15, -0.1) is 0 Å². The molecular formula is C16H16O5. The number of aliphatic hydroxyl groups excluding tert-OH is 1. The lowest BCUT2D eigenvalue weighted by atomic mass is 9.97. The van der Waals surface area contributed by atoms with Crippen LogP contribution in [0.1, 0.15) is 16.8 Å². The maximum atomic E-state index is 12.0. The van der Waals surface area contributed by atoms with Gasteiger partial charge in [-0.25, -0.2) is 0 Å². The molecule has 3 N–H and O–H groups in total. The second-order valence-corrected chi connectivity index (χ2v) is 4.63. The van der Waals surface area contributed by atoms with E-state index in [0.29, 0.717) is 12.2 Å². The molecule has 2 rings (SSSR count). The third kappa shape index (κ3) is 3.25. The SMILES string of the molecule is COC1=C(O)C=CC(C=CC(=O)c2c(O)cccc2O)C1. The zero-order valence-electron chi connectivity index (χ0n) is 11.5. The second kappa shape index (κ2) is 6.17. The number of ether oxygens (including phenoxy) is 1. The van der Waals surface area contributed by atoms with Crippen molar-refractivity contribution < 1.29 is 24.9 Å². The Labute approximate surface area is 122 Å². The number of phenols is 2. The summed E-state index contributed by atoms with van der Waals surface area (Å²) in [5.74, 6) is -0.598. The number of hydrogen-bond donors (Lipinski definition) is 3. The lowest BCUT2D eigenvalue weighted by Crippen LogP contribution is -2.05. The second-order valence-electron chi connectivity index (χ2n) is 4.63. The molecular weight excluding hydrogens is 272 g/mol. The Bertz CT molecular complexity index is 620. The summed E-state index contributed by atoms with van der Waals surface area (Å²) in [7, 11) is 1.47. The van der Waals surface area contributed by atoms with Crippen LogP contribution in [-0.2, 0) is 4.74 Å². The molecule has 0 saturated carbocycles. The molecule has 5 nitrogen and oxygen atoms in total. The van der Waals surface area contributed by atoms with Gasteiger partial charge in [-0.3, -0.25) is 4.79 Å². The maximum absolute atomic E-state index is 12.0. The number of methoxy groups -OCH3 is 1. The van der Waals surface area contributed by atoms with Crippen LogP contribution in [0.4, 0.5) is 0 Å². The van der Waals surface area contributed by atoms with Crippen molar-refractivity contribution in [2.45, 2.75) is 6.42 Å². The molecule has 0 amide bonds. The topological polar surface area (TPSA) is 87.0 Å². The van der Waals surface area contributed by atoms with Crippen molar-refractivity contribution in [3.8, 4) is 11.5 Å². The largest absolute Gasteiger partial charge is 0.507 e. The average molecular weight is 288 g/mol. The Morgan fingerprint density at radius 1 is 1.29 bits per heavy atom. The molecule has 0 spiro atoms. The van der Waals surface area contributed by atoms with Crippen molar-refractivity contribution in [3.05, 3.63) is 59.6 Å². The van der Waals surface area contributed by atoms with E-state index in [4.69, 9.17) is 4.74 Å². The fourth-order valence-electron chi connectivity index (χ4n) is 2.09. The molecule has 110 valence electrons. The highest BCUT2D eigenvalue weighted by molar-refractivity contribution is 6.08. The van der Waals surface area contributed by atoms with Crippen LogP contribution in [0.15, 0.2) is 54.0 Å². The normalized spacial score (nSPS) is 18.2. The van der Waals surface area contributed by atoms with Crippen molar-refractivity contribution in [1.29, 1.82) is 0 Å². The Hall–Kier alpha value is -2.69. The number of rotatable bonds is 4. The van der Waals surface area contributed by atoms with Crippen molar-refractivity contribution in [1.82, 2.24) is 0 Å². The molecule has 0 fully saturated rings. The lowest BCUT2D eigenvalue weighted by Gasteiger charge is -2.16. The first-order valence-electron chi connectivity index (χ1n) is 6.40. The van der Waals surface area contributed by atoms with E-state index in [-0.39, 0.29) is 28.7 Å². The van der Waals surface area contributed by atoms with Crippen molar-refractivity contribution in [2.24, 2.45) is 5.92 Å². The van der Waals surface area contributed by atoms with E-state index in [9.17, 15) is 20.1 Å². The highest BCUT2D eigenvalue weighted by atomic mass is 16.5. The molecule has 0 bridgehead atoms. The highest BCUT2D eigenvalue weighted by Crippen LogP contribution is 2.28. The average Bonchev–Trinajstić information content (AvgIpc) is 2.46. The first-order valence-corrected chi connectivity index (χ1v) is 6.40. The minimum atomic E-state index is -0.489. The molecule has 1 aliphatic carbocycles. The molecule has 0 aliphatic heterocycles. The van der Waals surface area contributed by atoms with E-state index < -0.39 is 5.78 Å². The van der Waals surface area contributed by atoms with Gasteiger partial charge in [0.2, 0.25) is 0 Å². The molecule has 1 unspecified atom stereocenters. The molecule has 1 aromatic carbocycles. The Kier molecular flexibility index (Phi) is 4.33. The summed E-state index contributed by atoms with van der Waals surface area (Å²) in [6.45, 7) is 0. The summed E-state index contributed by atoms with van der Waals surface area (Å²) in [6.07, 6.45) is 6.62. The summed E-state index contributed by atoms with van der Waals surface area (Å²) in [6, 6.07) is 4.13. The summed E-state index contributed by atoms with van der Waals surface area (Å²) in [5.41, 5.74) is -0.126. The first-order chi connectivity index (χ1) is 10.0. The number of phenolic OH excluding ortho intramolecular Hbond substituents is 2. The maximum Gasteiger partial charge on any atom is 0.193 e. The molecule has 5 heteroatoms. The molecule has 0 heterocycles. The summed E-state index contributed by atoms with van der Waals surface area (Å²) in [5, 5.41) is 28.8. The van der Waals surface area contributed by atoms with Crippen LogP contribution in [0, 0.1) is 5.92 Å². The van der Waals surface area contributed by atoms with E-state index >= 15 is 0 Å². The fourth-order valence-corrected chi connectivity index (χ4v) is 2.09. The van der Waals surface area contributed by atoms with Gasteiger partial charge >= 0.3 is 0 Å². The van der Waals surface area contributed by atoms with Gasteiger partial charge in [-0.05, 0) is 24.3 Å². The standard InChI is InChI=1S/C16H16O5/c1-21-15-9-10(5-7-11(15)17)6-8-14(20)16-12(18)3-2-4-13(16)19/h2-8,10,17-19H,9H2,1H3. The summed E-state index contributed by atoms with van der Waals surface area (Å²) < 4.78 is 5.04. The minimum Gasteiger partial charge on any atom is -0.507 e. The molecule has 1 aliphatic rings. The van der Waals surface area contributed by atoms with Crippen LogP contribution in [0.5, 0.6) is 11.5 Å². The third-order valence-corrected chi connectivity index (χ3v) is 3.22.